The highest BCUT2D eigenvalue weighted by Crippen LogP contribution is 2.30. The second-order valence-electron chi connectivity index (χ2n) is 4.48. The molecule has 0 amide bonds. The minimum atomic E-state index is 0.531. The molecule has 3 rings (SSSR count). The van der Waals surface area contributed by atoms with Gasteiger partial charge in [-0.3, -0.25) is 0 Å². The smallest absolute Gasteiger partial charge is 0.171 e. The van der Waals surface area contributed by atoms with Crippen molar-refractivity contribution in [1.82, 2.24) is 9.97 Å². The number of aryl methyl sites for hydroxylation is 2. The molecule has 0 fully saturated rings. The Morgan fingerprint density at radius 1 is 1.21 bits per heavy atom. The molecule has 3 aromatic rings. The first-order chi connectivity index (χ1) is 9.19. The third-order valence-corrected chi connectivity index (χ3v) is 4.49. The van der Waals surface area contributed by atoms with Gasteiger partial charge >= 0.3 is 0 Å². The molecule has 2 heterocycles. The summed E-state index contributed by atoms with van der Waals surface area (Å²) in [5.74, 6) is 0.717. The van der Waals surface area contributed by atoms with Crippen LogP contribution in [0.15, 0.2) is 29.6 Å². The van der Waals surface area contributed by atoms with Crippen LogP contribution in [0.1, 0.15) is 18.1 Å². The minimum absolute atomic E-state index is 0.531. The largest absolute Gasteiger partial charge is 0.227 e. The molecule has 0 unspecified atom stereocenters. The van der Waals surface area contributed by atoms with Gasteiger partial charge in [-0.2, -0.15) is 0 Å². The summed E-state index contributed by atoms with van der Waals surface area (Å²) in [5, 5.41) is 3.51. The van der Waals surface area contributed by atoms with Gasteiger partial charge in [0.05, 0.1) is 10.4 Å². The van der Waals surface area contributed by atoms with E-state index in [1.165, 1.54) is 11.1 Å². The highest BCUT2D eigenvalue weighted by molar-refractivity contribution is 7.13. The van der Waals surface area contributed by atoms with Crippen molar-refractivity contribution in [2.24, 2.45) is 0 Å². The summed E-state index contributed by atoms with van der Waals surface area (Å²) >= 11 is 7.96. The summed E-state index contributed by atoms with van der Waals surface area (Å²) in [6.07, 6.45) is 0.984. The molecule has 0 spiro atoms. The van der Waals surface area contributed by atoms with E-state index in [0.29, 0.717) is 11.0 Å². The van der Waals surface area contributed by atoms with Crippen LogP contribution in [0.4, 0.5) is 0 Å². The molecule has 0 aliphatic rings. The molecule has 0 saturated carbocycles. The van der Waals surface area contributed by atoms with Gasteiger partial charge in [-0.1, -0.05) is 24.6 Å². The molecule has 0 saturated heterocycles. The third kappa shape index (κ3) is 2.24. The molecule has 0 bridgehead atoms. The maximum Gasteiger partial charge on any atom is 0.171 e. The first-order valence-corrected chi connectivity index (χ1v) is 7.45. The molecule has 19 heavy (non-hydrogen) atoms. The second kappa shape index (κ2) is 4.91. The van der Waals surface area contributed by atoms with E-state index in [1.807, 2.05) is 11.4 Å². The van der Waals surface area contributed by atoms with Crippen LogP contribution in [0.5, 0.6) is 0 Å². The predicted molar refractivity (Wildman–Crippen MR) is 82.0 cm³/mol. The Balaban J connectivity index is 2.23. The normalized spacial score (nSPS) is 11.1. The maximum atomic E-state index is 6.31. The zero-order valence-corrected chi connectivity index (χ0v) is 12.3. The lowest BCUT2D eigenvalue weighted by molar-refractivity contribution is 1.14. The van der Waals surface area contributed by atoms with E-state index in [0.717, 1.165) is 22.2 Å². The Morgan fingerprint density at radius 3 is 2.74 bits per heavy atom. The van der Waals surface area contributed by atoms with E-state index >= 15 is 0 Å². The van der Waals surface area contributed by atoms with Crippen molar-refractivity contribution >= 4 is 33.8 Å². The van der Waals surface area contributed by atoms with Crippen LogP contribution < -0.4 is 0 Å². The lowest BCUT2D eigenvalue weighted by atomic mass is 10.1. The summed E-state index contributed by atoms with van der Waals surface area (Å²) in [6.45, 7) is 4.19. The van der Waals surface area contributed by atoms with Crippen LogP contribution in [-0.4, -0.2) is 9.97 Å². The Kier molecular flexibility index (Phi) is 3.25. The monoisotopic (exact) mass is 288 g/mol. The van der Waals surface area contributed by atoms with Crippen molar-refractivity contribution in [2.45, 2.75) is 20.3 Å². The molecule has 2 nitrogen and oxygen atoms in total. The Bertz CT molecular complexity index is 749. The molecule has 0 aliphatic carbocycles. The van der Waals surface area contributed by atoms with Gasteiger partial charge in [0.25, 0.3) is 0 Å². The highest BCUT2D eigenvalue weighted by Gasteiger charge is 2.11. The van der Waals surface area contributed by atoms with E-state index in [1.54, 1.807) is 11.3 Å². The number of hydrogen-bond acceptors (Lipinski definition) is 3. The Hall–Kier alpha value is -1.45. The van der Waals surface area contributed by atoms with Crippen molar-refractivity contribution in [1.29, 1.82) is 0 Å². The van der Waals surface area contributed by atoms with Crippen LogP contribution in [0.2, 0.25) is 5.15 Å². The molecule has 0 aliphatic heterocycles. The lowest BCUT2D eigenvalue weighted by Gasteiger charge is -2.05. The molecule has 2 aromatic heterocycles. The van der Waals surface area contributed by atoms with Crippen molar-refractivity contribution in [3.63, 3.8) is 0 Å². The quantitative estimate of drug-likeness (QED) is 0.628. The molecule has 4 heteroatoms. The van der Waals surface area contributed by atoms with Crippen LogP contribution in [0, 0.1) is 6.92 Å². The zero-order chi connectivity index (χ0) is 13.4. The molecular weight excluding hydrogens is 276 g/mol. The summed E-state index contributed by atoms with van der Waals surface area (Å²) in [5.41, 5.74) is 3.34. The van der Waals surface area contributed by atoms with Gasteiger partial charge in [0.2, 0.25) is 0 Å². The Labute approximate surface area is 121 Å². The van der Waals surface area contributed by atoms with Crippen LogP contribution in [0.25, 0.3) is 21.6 Å². The van der Waals surface area contributed by atoms with Crippen LogP contribution in [0.3, 0.4) is 0 Å². The first-order valence-electron chi connectivity index (χ1n) is 6.19. The summed E-state index contributed by atoms with van der Waals surface area (Å²) < 4.78 is 0. The number of thiophene rings is 1. The topological polar surface area (TPSA) is 25.8 Å². The molecule has 1 aromatic carbocycles. The van der Waals surface area contributed by atoms with E-state index in [2.05, 4.69) is 42.0 Å². The molecule has 96 valence electrons. The predicted octanol–water partition coefficient (Wildman–Crippen LogP) is 4.88. The van der Waals surface area contributed by atoms with Gasteiger partial charge in [-0.15, -0.1) is 11.3 Å². The SMILES string of the molecule is CCc1ccc2nc(-c3sccc3C)nc(Cl)c2c1. The van der Waals surface area contributed by atoms with Gasteiger partial charge in [-0.25, -0.2) is 9.97 Å². The van der Waals surface area contributed by atoms with E-state index in [9.17, 15) is 0 Å². The number of rotatable bonds is 2. The second-order valence-corrected chi connectivity index (χ2v) is 5.75. The number of halogens is 1. The van der Waals surface area contributed by atoms with Gasteiger partial charge in [0.15, 0.2) is 5.82 Å². The van der Waals surface area contributed by atoms with Crippen LogP contribution in [-0.2, 0) is 6.42 Å². The number of hydrogen-bond donors (Lipinski definition) is 0. The summed E-state index contributed by atoms with van der Waals surface area (Å²) in [4.78, 5) is 10.2. The molecule has 0 radical (unpaired) electrons. The van der Waals surface area contributed by atoms with E-state index < -0.39 is 0 Å². The van der Waals surface area contributed by atoms with Gasteiger partial charge in [0, 0.05) is 5.39 Å². The standard InChI is InChI=1S/C15H13ClN2S/c1-3-10-4-5-12-11(8-10)14(16)18-15(17-12)13-9(2)6-7-19-13/h4-8H,3H2,1-2H3. The van der Waals surface area contributed by atoms with Gasteiger partial charge < -0.3 is 0 Å². The number of fused-ring (bicyclic) bond motifs is 1. The minimum Gasteiger partial charge on any atom is -0.227 e. The van der Waals surface area contributed by atoms with Crippen molar-refractivity contribution in [3.05, 3.63) is 45.9 Å². The number of nitrogens with zero attached hydrogens (tertiary/aromatic N) is 2. The van der Waals surface area contributed by atoms with Crippen molar-refractivity contribution in [2.75, 3.05) is 0 Å². The summed E-state index contributed by atoms with van der Waals surface area (Å²) in [7, 11) is 0. The Morgan fingerprint density at radius 2 is 2.05 bits per heavy atom. The fraction of sp³-hybridized carbons (Fsp3) is 0.200. The molecule has 0 N–H and O–H groups in total. The maximum absolute atomic E-state index is 6.31. The average Bonchev–Trinajstić information content (AvgIpc) is 2.84. The lowest BCUT2D eigenvalue weighted by Crippen LogP contribution is -1.92. The first kappa shape index (κ1) is 12.6. The fourth-order valence-electron chi connectivity index (χ4n) is 2.06. The highest BCUT2D eigenvalue weighted by atomic mass is 35.5. The fourth-order valence-corrected chi connectivity index (χ4v) is 3.15. The van der Waals surface area contributed by atoms with Crippen LogP contribution >= 0.6 is 22.9 Å². The number of aromatic nitrogens is 2. The molecular formula is C15H13ClN2S. The third-order valence-electron chi connectivity index (χ3n) is 3.19. The average molecular weight is 289 g/mol. The zero-order valence-electron chi connectivity index (χ0n) is 10.8. The molecule has 0 atom stereocenters. The number of benzene rings is 1. The van der Waals surface area contributed by atoms with Crippen molar-refractivity contribution < 1.29 is 0 Å². The van der Waals surface area contributed by atoms with E-state index in [4.69, 9.17) is 11.6 Å². The summed E-state index contributed by atoms with van der Waals surface area (Å²) in [6, 6.07) is 8.26. The van der Waals surface area contributed by atoms with Crippen molar-refractivity contribution in [3.8, 4) is 10.7 Å². The van der Waals surface area contributed by atoms with Gasteiger partial charge in [-0.05, 0) is 48.1 Å². The van der Waals surface area contributed by atoms with Gasteiger partial charge in [0.1, 0.15) is 5.15 Å². The van der Waals surface area contributed by atoms with E-state index in [-0.39, 0.29) is 0 Å².